The van der Waals surface area contributed by atoms with Crippen molar-refractivity contribution < 1.29 is 0 Å². The Morgan fingerprint density at radius 3 is 2.70 bits per heavy atom. The molecule has 4 heteroatoms. The van der Waals surface area contributed by atoms with Crippen LogP contribution in [0.15, 0.2) is 22.7 Å². The lowest BCUT2D eigenvalue weighted by molar-refractivity contribution is 0.313. The molecule has 1 aromatic rings. The first-order valence-corrected chi connectivity index (χ1v) is 8.43. The van der Waals surface area contributed by atoms with Crippen LogP contribution in [0, 0.1) is 5.92 Å². The minimum Gasteiger partial charge on any atom is -0.371 e. The summed E-state index contributed by atoms with van der Waals surface area (Å²) in [6.07, 6.45) is 3.81. The first-order chi connectivity index (χ1) is 9.70. The van der Waals surface area contributed by atoms with E-state index in [0.717, 1.165) is 13.1 Å². The Balaban J connectivity index is 1.95. The van der Waals surface area contributed by atoms with Gasteiger partial charge in [-0.05, 0) is 50.9 Å². The molecule has 2 N–H and O–H groups in total. The van der Waals surface area contributed by atoms with Gasteiger partial charge in [0.2, 0.25) is 0 Å². The largest absolute Gasteiger partial charge is 0.371 e. The molecule has 1 aromatic carbocycles. The molecule has 3 nitrogen and oxygen atoms in total. The molecule has 2 fully saturated rings. The van der Waals surface area contributed by atoms with E-state index in [4.69, 9.17) is 5.73 Å². The van der Waals surface area contributed by atoms with Crippen molar-refractivity contribution in [2.75, 3.05) is 38.1 Å². The molecule has 2 heterocycles. The highest BCUT2D eigenvalue weighted by Crippen LogP contribution is 2.42. The highest BCUT2D eigenvalue weighted by molar-refractivity contribution is 9.10. The third-order valence-corrected chi connectivity index (χ3v) is 5.47. The second kappa shape index (κ2) is 6.04. The smallest absolute Gasteiger partial charge is 0.0426 e. The van der Waals surface area contributed by atoms with Gasteiger partial charge >= 0.3 is 0 Å². The van der Waals surface area contributed by atoms with Crippen molar-refractivity contribution in [1.29, 1.82) is 0 Å². The van der Waals surface area contributed by atoms with Gasteiger partial charge in [0.1, 0.15) is 0 Å². The number of benzene rings is 1. The molecule has 2 aliphatic rings. The number of nitrogens with two attached hydrogens (primary N) is 1. The molecule has 0 aromatic heterocycles. The average Bonchev–Trinajstić information content (AvgIpc) is 3.08. The molecule has 110 valence electrons. The number of hydrogen-bond donors (Lipinski definition) is 1. The Bertz CT molecular complexity index is 471. The van der Waals surface area contributed by atoms with Gasteiger partial charge in [0.15, 0.2) is 0 Å². The number of likely N-dealkylation sites (tertiary alicyclic amines) is 1. The average molecular weight is 338 g/mol. The first-order valence-electron chi connectivity index (χ1n) is 7.64. The second-order valence-electron chi connectivity index (χ2n) is 6.16. The van der Waals surface area contributed by atoms with Crippen LogP contribution in [0.25, 0.3) is 0 Å². The van der Waals surface area contributed by atoms with Crippen LogP contribution in [0.5, 0.6) is 0 Å². The minimum absolute atomic E-state index is 0.495. The van der Waals surface area contributed by atoms with E-state index in [1.807, 2.05) is 0 Å². The fourth-order valence-electron chi connectivity index (χ4n) is 3.70. The fraction of sp³-hybridized carbons (Fsp3) is 0.625. The van der Waals surface area contributed by atoms with Crippen molar-refractivity contribution in [2.24, 2.45) is 11.7 Å². The zero-order valence-corrected chi connectivity index (χ0v) is 13.8. The summed E-state index contributed by atoms with van der Waals surface area (Å²) in [7, 11) is 2.23. The van der Waals surface area contributed by atoms with E-state index < -0.39 is 0 Å². The Morgan fingerprint density at radius 1 is 1.30 bits per heavy atom. The van der Waals surface area contributed by atoms with Gasteiger partial charge in [-0.25, -0.2) is 0 Å². The molecule has 2 saturated heterocycles. The third-order valence-electron chi connectivity index (χ3n) is 4.78. The zero-order valence-electron chi connectivity index (χ0n) is 12.2. The van der Waals surface area contributed by atoms with E-state index >= 15 is 0 Å². The van der Waals surface area contributed by atoms with Crippen LogP contribution in [0.2, 0.25) is 0 Å². The van der Waals surface area contributed by atoms with Crippen LogP contribution in [-0.4, -0.2) is 38.1 Å². The number of anilines is 1. The maximum atomic E-state index is 5.89. The topological polar surface area (TPSA) is 32.5 Å². The summed E-state index contributed by atoms with van der Waals surface area (Å²) < 4.78 is 1.25. The Morgan fingerprint density at radius 2 is 2.05 bits per heavy atom. The van der Waals surface area contributed by atoms with Gasteiger partial charge in [0.25, 0.3) is 0 Å². The summed E-state index contributed by atoms with van der Waals surface area (Å²) in [5.74, 6) is 0.628. The van der Waals surface area contributed by atoms with Crippen LogP contribution < -0.4 is 10.6 Å². The standard InChI is InChI=1S/C16H24BrN3/c1-19-11-12(10-18)9-15(19)16-13(17)5-4-6-14(16)20-7-2-3-8-20/h4-6,12,15H,2-3,7-11,18H2,1H3. The first kappa shape index (κ1) is 14.4. The number of nitrogens with zero attached hydrogens (tertiary/aromatic N) is 2. The predicted molar refractivity (Wildman–Crippen MR) is 88.1 cm³/mol. The summed E-state index contributed by atoms with van der Waals surface area (Å²) in [6, 6.07) is 7.12. The highest BCUT2D eigenvalue weighted by Gasteiger charge is 2.33. The van der Waals surface area contributed by atoms with Gasteiger partial charge in [0.05, 0.1) is 0 Å². The van der Waals surface area contributed by atoms with Crippen molar-refractivity contribution in [3.05, 3.63) is 28.2 Å². The summed E-state index contributed by atoms with van der Waals surface area (Å²) in [5.41, 5.74) is 8.77. The van der Waals surface area contributed by atoms with Crippen LogP contribution in [0.1, 0.15) is 30.9 Å². The van der Waals surface area contributed by atoms with Gasteiger partial charge < -0.3 is 10.6 Å². The molecule has 20 heavy (non-hydrogen) atoms. The maximum Gasteiger partial charge on any atom is 0.0426 e. The molecule has 0 saturated carbocycles. The van der Waals surface area contributed by atoms with Crippen LogP contribution in [0.4, 0.5) is 5.69 Å². The van der Waals surface area contributed by atoms with E-state index in [1.165, 1.54) is 48.1 Å². The maximum absolute atomic E-state index is 5.89. The fourth-order valence-corrected chi connectivity index (χ4v) is 4.32. The molecule has 0 amide bonds. The van der Waals surface area contributed by atoms with Gasteiger partial charge in [0, 0.05) is 41.4 Å². The monoisotopic (exact) mass is 337 g/mol. The third kappa shape index (κ3) is 2.61. The normalized spacial score (nSPS) is 27.4. The van der Waals surface area contributed by atoms with E-state index in [1.54, 1.807) is 0 Å². The number of halogens is 1. The van der Waals surface area contributed by atoms with E-state index in [0.29, 0.717) is 12.0 Å². The quantitative estimate of drug-likeness (QED) is 0.920. The number of hydrogen-bond acceptors (Lipinski definition) is 3. The van der Waals surface area contributed by atoms with Crippen molar-refractivity contribution in [2.45, 2.75) is 25.3 Å². The number of rotatable bonds is 3. The van der Waals surface area contributed by atoms with Gasteiger partial charge in [-0.3, -0.25) is 4.90 Å². The molecular formula is C16H24BrN3. The Labute approximate surface area is 130 Å². The van der Waals surface area contributed by atoms with E-state index in [2.05, 4.69) is 51.0 Å². The molecule has 0 bridgehead atoms. The molecular weight excluding hydrogens is 314 g/mol. The van der Waals surface area contributed by atoms with E-state index in [9.17, 15) is 0 Å². The zero-order chi connectivity index (χ0) is 14.1. The van der Waals surface area contributed by atoms with Crippen LogP contribution in [-0.2, 0) is 0 Å². The molecule has 2 unspecified atom stereocenters. The molecule has 0 spiro atoms. The van der Waals surface area contributed by atoms with Crippen LogP contribution >= 0.6 is 15.9 Å². The summed E-state index contributed by atoms with van der Waals surface area (Å²) in [6.45, 7) is 4.30. The molecule has 0 aliphatic carbocycles. The van der Waals surface area contributed by atoms with Crippen molar-refractivity contribution >= 4 is 21.6 Å². The second-order valence-corrected chi connectivity index (χ2v) is 7.01. The molecule has 3 rings (SSSR count). The van der Waals surface area contributed by atoms with Gasteiger partial charge in [-0.1, -0.05) is 22.0 Å². The summed E-state index contributed by atoms with van der Waals surface area (Å²) in [4.78, 5) is 5.01. The van der Waals surface area contributed by atoms with Crippen molar-refractivity contribution in [1.82, 2.24) is 4.90 Å². The van der Waals surface area contributed by atoms with Gasteiger partial charge in [-0.2, -0.15) is 0 Å². The SMILES string of the molecule is CN1CC(CN)CC1c1c(Br)cccc1N1CCCC1. The van der Waals surface area contributed by atoms with Crippen LogP contribution in [0.3, 0.4) is 0 Å². The molecule has 2 atom stereocenters. The lowest BCUT2D eigenvalue weighted by Gasteiger charge is -2.28. The molecule has 2 aliphatic heterocycles. The lowest BCUT2D eigenvalue weighted by Crippen LogP contribution is -2.24. The predicted octanol–water partition coefficient (Wildman–Crippen LogP) is 3.00. The lowest BCUT2D eigenvalue weighted by atomic mass is 9.98. The summed E-state index contributed by atoms with van der Waals surface area (Å²) >= 11 is 3.79. The summed E-state index contributed by atoms with van der Waals surface area (Å²) in [5, 5.41) is 0. The van der Waals surface area contributed by atoms with E-state index in [-0.39, 0.29) is 0 Å². The minimum atomic E-state index is 0.495. The molecule has 0 radical (unpaired) electrons. The highest BCUT2D eigenvalue weighted by atomic mass is 79.9. The van der Waals surface area contributed by atoms with Gasteiger partial charge in [-0.15, -0.1) is 0 Å². The van der Waals surface area contributed by atoms with Crippen molar-refractivity contribution in [3.63, 3.8) is 0 Å². The van der Waals surface area contributed by atoms with Crippen molar-refractivity contribution in [3.8, 4) is 0 Å². The Hall–Kier alpha value is -0.580. The Kier molecular flexibility index (Phi) is 4.34.